The van der Waals surface area contributed by atoms with Crippen molar-refractivity contribution in [3.05, 3.63) is 53.4 Å². The maximum absolute atomic E-state index is 13.7. The average molecular weight is 594 g/mol. The Morgan fingerprint density at radius 3 is 2.28 bits per heavy atom. The van der Waals surface area contributed by atoms with E-state index < -0.39 is 41.4 Å². The van der Waals surface area contributed by atoms with Crippen molar-refractivity contribution in [3.63, 3.8) is 0 Å². The Bertz CT molecular complexity index is 1300. The van der Waals surface area contributed by atoms with Crippen molar-refractivity contribution in [2.24, 2.45) is 11.8 Å². The van der Waals surface area contributed by atoms with Gasteiger partial charge in [0.05, 0.1) is 19.2 Å². The summed E-state index contributed by atoms with van der Waals surface area (Å²) in [4.78, 5) is 55.9. The van der Waals surface area contributed by atoms with Gasteiger partial charge in [-0.2, -0.15) is 0 Å². The van der Waals surface area contributed by atoms with E-state index in [1.807, 2.05) is 44.2 Å². The second-order valence-corrected chi connectivity index (χ2v) is 12.8. The van der Waals surface area contributed by atoms with Crippen molar-refractivity contribution in [1.82, 2.24) is 26.0 Å². The van der Waals surface area contributed by atoms with E-state index in [-0.39, 0.29) is 23.8 Å². The minimum absolute atomic E-state index is 0.119. The third kappa shape index (κ3) is 8.51. The first kappa shape index (κ1) is 30.9. The molecule has 3 aliphatic rings. The number of carbonyl (C=O) groups excluding carboxylic acids is 4. The maximum atomic E-state index is 13.7. The fraction of sp³-hybridized carbons (Fsp3) is 0.594. The highest BCUT2D eigenvalue weighted by atomic mass is 16.6. The molecule has 0 spiro atoms. The van der Waals surface area contributed by atoms with Crippen molar-refractivity contribution < 1.29 is 28.4 Å². The summed E-state index contributed by atoms with van der Waals surface area (Å²) in [5, 5.41) is 12.6. The fourth-order valence-corrected chi connectivity index (χ4v) is 5.33. The van der Waals surface area contributed by atoms with Crippen LogP contribution in [0.3, 0.4) is 0 Å². The number of nitrogens with zero attached hydrogens (tertiary/aromatic N) is 2. The van der Waals surface area contributed by atoms with Crippen LogP contribution in [0, 0.1) is 11.8 Å². The number of rotatable bonds is 16. The summed E-state index contributed by atoms with van der Waals surface area (Å²) >= 11 is 0. The Balaban J connectivity index is 1.28. The highest BCUT2D eigenvalue weighted by Crippen LogP contribution is 2.34. The van der Waals surface area contributed by atoms with E-state index in [1.54, 1.807) is 13.0 Å². The molecule has 0 radical (unpaired) electrons. The first-order valence-electron chi connectivity index (χ1n) is 15.4. The largest absolute Gasteiger partial charge is 0.361 e. The summed E-state index contributed by atoms with van der Waals surface area (Å²) in [6.45, 7) is 8.60. The molecule has 1 aromatic carbocycles. The number of carbonyl (C=O) groups is 4. The highest BCUT2D eigenvalue weighted by Gasteiger charge is 2.50. The molecule has 2 unspecified atom stereocenters. The number of aromatic nitrogens is 1. The van der Waals surface area contributed by atoms with Gasteiger partial charge in [0.1, 0.15) is 17.7 Å². The molecular formula is C32H43N5O6. The number of nitrogens with one attached hydrogen (secondary N) is 3. The zero-order valence-electron chi connectivity index (χ0n) is 25.3. The number of hydrogen-bond acceptors (Lipinski definition) is 8. The van der Waals surface area contributed by atoms with Crippen LogP contribution >= 0.6 is 0 Å². The monoisotopic (exact) mass is 593 g/mol. The van der Waals surface area contributed by atoms with Crippen LogP contribution in [-0.2, 0) is 32.1 Å². The SMILES string of the molecule is CC(C)CC(NC(=O)[C@H](Cc1ccccc1)NC(=O)C(CC1CC1)NC(=O)c1cc(CN2CCC2)on1)C(=O)[C@@]1(C)CO1. The van der Waals surface area contributed by atoms with Gasteiger partial charge in [0, 0.05) is 12.5 Å². The predicted molar refractivity (Wildman–Crippen MR) is 158 cm³/mol. The first-order valence-corrected chi connectivity index (χ1v) is 15.4. The summed E-state index contributed by atoms with van der Waals surface area (Å²) in [6, 6.07) is 8.44. The molecule has 43 heavy (non-hydrogen) atoms. The van der Waals surface area contributed by atoms with Gasteiger partial charge >= 0.3 is 0 Å². The molecule has 3 N–H and O–H groups in total. The van der Waals surface area contributed by atoms with Gasteiger partial charge in [0.25, 0.3) is 5.91 Å². The van der Waals surface area contributed by atoms with Crippen molar-refractivity contribution >= 4 is 23.5 Å². The van der Waals surface area contributed by atoms with Crippen molar-refractivity contribution in [3.8, 4) is 0 Å². The highest BCUT2D eigenvalue weighted by molar-refractivity contribution is 5.99. The van der Waals surface area contributed by atoms with E-state index in [9.17, 15) is 19.2 Å². The van der Waals surface area contributed by atoms with E-state index in [0.29, 0.717) is 37.7 Å². The molecule has 1 aliphatic carbocycles. The van der Waals surface area contributed by atoms with Crippen LogP contribution in [0.25, 0.3) is 0 Å². The molecule has 3 amide bonds. The minimum Gasteiger partial charge on any atom is -0.361 e. The number of epoxide rings is 1. The van der Waals surface area contributed by atoms with E-state index in [2.05, 4.69) is 26.0 Å². The summed E-state index contributed by atoms with van der Waals surface area (Å²) in [5.41, 5.74) is 0.0850. The van der Waals surface area contributed by atoms with Gasteiger partial charge in [-0.25, -0.2) is 0 Å². The van der Waals surface area contributed by atoms with Crippen molar-refractivity contribution in [2.45, 2.75) is 89.6 Å². The smallest absolute Gasteiger partial charge is 0.274 e. The summed E-state index contributed by atoms with van der Waals surface area (Å²) < 4.78 is 10.7. The van der Waals surface area contributed by atoms with Crippen LogP contribution in [0.2, 0.25) is 0 Å². The van der Waals surface area contributed by atoms with Crippen LogP contribution in [0.15, 0.2) is 40.9 Å². The number of hydrogen-bond donors (Lipinski definition) is 3. The molecule has 3 heterocycles. The first-order chi connectivity index (χ1) is 20.6. The van der Waals surface area contributed by atoms with Crippen LogP contribution in [0.4, 0.5) is 0 Å². The molecule has 2 saturated heterocycles. The summed E-state index contributed by atoms with van der Waals surface area (Å²) in [7, 11) is 0. The second-order valence-electron chi connectivity index (χ2n) is 12.8. The lowest BCUT2D eigenvalue weighted by atomic mass is 9.93. The molecule has 232 valence electrons. The van der Waals surface area contributed by atoms with Gasteiger partial charge in [-0.15, -0.1) is 0 Å². The van der Waals surface area contributed by atoms with Crippen molar-refractivity contribution in [2.75, 3.05) is 19.7 Å². The zero-order valence-corrected chi connectivity index (χ0v) is 25.3. The standard InChI is InChI=1S/C32H43N5O6/c1-20(2)14-24(28(38)32(3)19-42-32)33-29(39)25(15-21-8-5-4-6-9-21)34-30(40)26(16-22-10-11-22)35-31(41)27-17-23(43-36-27)18-37-12-7-13-37/h4-6,8-9,17,20,22,24-26H,7,10-16,18-19H2,1-3H3,(H,33,39)(H,34,40)(H,35,41)/t24?,25-,26?,32+/m0/s1. The van der Waals surface area contributed by atoms with Crippen LogP contribution in [0.5, 0.6) is 0 Å². The Morgan fingerprint density at radius 2 is 1.67 bits per heavy atom. The molecule has 0 bridgehead atoms. The van der Waals surface area contributed by atoms with E-state index in [4.69, 9.17) is 9.26 Å². The Morgan fingerprint density at radius 1 is 1.00 bits per heavy atom. The molecule has 3 fully saturated rings. The molecule has 11 nitrogen and oxygen atoms in total. The molecule has 1 aromatic heterocycles. The van der Waals surface area contributed by atoms with Gasteiger partial charge in [-0.1, -0.05) is 62.2 Å². The predicted octanol–water partition coefficient (Wildman–Crippen LogP) is 2.40. The summed E-state index contributed by atoms with van der Waals surface area (Å²) in [6.07, 6.45) is 4.25. The van der Waals surface area contributed by atoms with Crippen LogP contribution < -0.4 is 16.0 Å². The zero-order chi connectivity index (χ0) is 30.6. The molecule has 2 aliphatic heterocycles. The van der Waals surface area contributed by atoms with Gasteiger partial charge in [-0.05, 0) is 56.7 Å². The van der Waals surface area contributed by atoms with E-state index >= 15 is 0 Å². The number of amides is 3. The maximum Gasteiger partial charge on any atom is 0.274 e. The number of Topliss-reactive ketones (excluding diaryl/α,β-unsaturated/α-hetero) is 1. The lowest BCUT2D eigenvalue weighted by molar-refractivity contribution is -0.133. The average Bonchev–Trinajstić information content (AvgIpc) is 3.87. The second kappa shape index (κ2) is 13.4. The molecule has 1 saturated carbocycles. The molecule has 4 atom stereocenters. The van der Waals surface area contributed by atoms with E-state index in [0.717, 1.165) is 37.9 Å². The normalized spacial score (nSPS) is 21.8. The third-order valence-electron chi connectivity index (χ3n) is 8.36. The fourth-order valence-electron chi connectivity index (χ4n) is 5.33. The Hall–Kier alpha value is -3.57. The summed E-state index contributed by atoms with van der Waals surface area (Å²) in [5.74, 6) is -0.496. The number of ketones is 1. The van der Waals surface area contributed by atoms with E-state index in [1.165, 1.54) is 0 Å². The van der Waals surface area contributed by atoms with Crippen molar-refractivity contribution in [1.29, 1.82) is 0 Å². The number of benzene rings is 1. The van der Waals surface area contributed by atoms with Crippen LogP contribution in [-0.4, -0.2) is 77.0 Å². The molecule has 5 rings (SSSR count). The molecule has 2 aromatic rings. The Kier molecular flexibility index (Phi) is 9.61. The number of likely N-dealkylation sites (tertiary alicyclic amines) is 1. The lowest BCUT2D eigenvalue weighted by Crippen LogP contribution is -2.57. The lowest BCUT2D eigenvalue weighted by Gasteiger charge is -2.29. The molecule has 11 heteroatoms. The molecular weight excluding hydrogens is 550 g/mol. The van der Waals surface area contributed by atoms with Gasteiger partial charge in [0.15, 0.2) is 17.2 Å². The third-order valence-corrected chi connectivity index (χ3v) is 8.36. The number of ether oxygens (including phenoxy) is 1. The van der Waals surface area contributed by atoms with Gasteiger partial charge in [0.2, 0.25) is 11.8 Å². The Labute approximate surface area is 252 Å². The quantitative estimate of drug-likeness (QED) is 0.252. The van der Waals surface area contributed by atoms with Gasteiger partial charge in [-0.3, -0.25) is 24.1 Å². The minimum atomic E-state index is -0.959. The van der Waals surface area contributed by atoms with Crippen LogP contribution in [0.1, 0.15) is 74.7 Å². The topological polar surface area (TPSA) is 146 Å². The van der Waals surface area contributed by atoms with Gasteiger partial charge < -0.3 is 25.2 Å².